The Balaban J connectivity index is 1.96. The van der Waals surface area contributed by atoms with Crippen LogP contribution in [0.5, 0.6) is 0 Å². The first-order chi connectivity index (χ1) is 15.8. The molecule has 1 saturated heterocycles. The minimum absolute atomic E-state index is 0.277. The van der Waals surface area contributed by atoms with Crippen LogP contribution >= 0.6 is 0 Å². The van der Waals surface area contributed by atoms with Gasteiger partial charge in [-0.1, -0.05) is 40.2 Å². The van der Waals surface area contributed by atoms with Crippen LogP contribution in [0.3, 0.4) is 0 Å². The number of benzene rings is 1. The molecule has 1 aliphatic heterocycles. The van der Waals surface area contributed by atoms with Gasteiger partial charge in [-0.05, 0) is 30.4 Å². The fraction of sp³-hybridized carbons (Fsp3) is 0.654. The summed E-state index contributed by atoms with van der Waals surface area (Å²) in [7, 11) is 0. The number of piperazine rings is 1. The molecule has 1 atom stereocenters. The van der Waals surface area contributed by atoms with Gasteiger partial charge in [-0.25, -0.2) is 0 Å². The molecule has 0 spiro atoms. The molecule has 0 aromatic heterocycles. The Morgan fingerprint density at radius 3 is 2.48 bits per heavy atom. The van der Waals surface area contributed by atoms with Gasteiger partial charge in [0.05, 0.1) is 6.61 Å². The lowest BCUT2D eigenvalue weighted by Gasteiger charge is -2.37. The minimum Gasteiger partial charge on any atom is -0.400 e. The van der Waals surface area contributed by atoms with Gasteiger partial charge in [0, 0.05) is 86.8 Å². The highest BCUT2D eigenvalue weighted by Crippen LogP contribution is 2.28. The quantitative estimate of drug-likeness (QED) is 0.238. The predicted octanol–water partition coefficient (Wildman–Crippen LogP) is 3.20. The molecule has 0 aliphatic carbocycles. The van der Waals surface area contributed by atoms with Crippen molar-refractivity contribution in [2.24, 2.45) is 28.3 Å². The maximum atomic E-state index is 6.47. The van der Waals surface area contributed by atoms with E-state index >= 15 is 0 Å². The molecule has 1 unspecified atom stereocenters. The molecule has 186 valence electrons. The average molecular weight is 459 g/mol. The van der Waals surface area contributed by atoms with E-state index in [-0.39, 0.29) is 6.54 Å². The Labute approximate surface area is 201 Å². The number of aliphatic imine (C=N–C) groups is 1. The van der Waals surface area contributed by atoms with E-state index in [2.05, 4.69) is 60.7 Å². The van der Waals surface area contributed by atoms with Crippen LogP contribution in [-0.2, 0) is 4.74 Å². The molecular formula is C26H46N6O. The highest BCUT2D eigenvalue weighted by Gasteiger charge is 2.20. The van der Waals surface area contributed by atoms with Gasteiger partial charge in [-0.3, -0.25) is 9.89 Å². The fourth-order valence-corrected chi connectivity index (χ4v) is 4.02. The van der Waals surface area contributed by atoms with Crippen molar-refractivity contribution in [2.75, 3.05) is 69.7 Å². The number of nitrogens with zero attached hydrogens (tertiary/aromatic N) is 3. The summed E-state index contributed by atoms with van der Waals surface area (Å²) in [5.74, 6) is 1.13. The molecule has 0 saturated carbocycles. The van der Waals surface area contributed by atoms with Crippen LogP contribution in [0.15, 0.2) is 28.9 Å². The van der Waals surface area contributed by atoms with Crippen LogP contribution in [0.25, 0.3) is 5.57 Å². The van der Waals surface area contributed by atoms with Gasteiger partial charge in [0.15, 0.2) is 0 Å². The lowest BCUT2D eigenvalue weighted by molar-refractivity contribution is 0.0697. The number of rotatable bonds is 13. The third kappa shape index (κ3) is 8.99. The minimum atomic E-state index is 0.277. The molecule has 6 N–H and O–H groups in total. The van der Waals surface area contributed by atoms with Crippen molar-refractivity contribution in [1.82, 2.24) is 4.90 Å². The zero-order valence-corrected chi connectivity index (χ0v) is 21.2. The van der Waals surface area contributed by atoms with E-state index in [9.17, 15) is 0 Å². The number of nitrogens with two attached hydrogens (primary N) is 3. The molecule has 1 aromatic carbocycles. The Hall–Kier alpha value is -2.09. The average Bonchev–Trinajstić information content (AvgIpc) is 2.79. The van der Waals surface area contributed by atoms with Crippen LogP contribution in [0.2, 0.25) is 0 Å². The van der Waals surface area contributed by atoms with E-state index in [0.717, 1.165) is 82.1 Å². The second-order valence-electron chi connectivity index (χ2n) is 9.63. The van der Waals surface area contributed by atoms with E-state index in [4.69, 9.17) is 21.9 Å². The fourth-order valence-electron chi connectivity index (χ4n) is 4.02. The number of hydrogen-bond acceptors (Lipinski definition) is 7. The smallest absolute Gasteiger partial charge is 0.0503 e. The molecule has 1 heterocycles. The van der Waals surface area contributed by atoms with E-state index in [1.165, 1.54) is 0 Å². The first-order valence-electron chi connectivity index (χ1n) is 12.5. The highest BCUT2D eigenvalue weighted by atomic mass is 16.5. The Morgan fingerprint density at radius 2 is 1.88 bits per heavy atom. The first kappa shape index (κ1) is 27.2. The monoisotopic (exact) mass is 458 g/mol. The normalized spacial score (nSPS) is 17.1. The lowest BCUT2D eigenvalue weighted by Crippen LogP contribution is -2.48. The number of nitrogen functional groups attached to an aromatic ring is 1. The van der Waals surface area contributed by atoms with Crippen LogP contribution < -0.4 is 22.1 Å². The standard InChI is InChI=1S/C26H46N6O/c1-5-6-9-30-16-24(26(29)15-27)23-8-7-22(14-25(23)28)32-12-10-31(11-13-32)17-21(4)19-33-18-20(2)3/h7-8,14,16,20-21H,5-6,9-13,15,17-19,27-29H2,1-4H3/b26-24+,30-16?. The molecule has 0 radical (unpaired) electrons. The maximum Gasteiger partial charge on any atom is 0.0503 e. The Kier molecular flexibility index (Phi) is 11.7. The Bertz CT molecular complexity index is 768. The van der Waals surface area contributed by atoms with Crippen molar-refractivity contribution in [3.63, 3.8) is 0 Å². The summed E-state index contributed by atoms with van der Waals surface area (Å²) in [5.41, 5.74) is 22.7. The summed E-state index contributed by atoms with van der Waals surface area (Å²) in [6.07, 6.45) is 3.99. The van der Waals surface area contributed by atoms with Gasteiger partial charge in [-0.2, -0.15) is 0 Å². The summed E-state index contributed by atoms with van der Waals surface area (Å²) in [6, 6.07) is 6.24. The van der Waals surface area contributed by atoms with Crippen LogP contribution in [0.4, 0.5) is 11.4 Å². The van der Waals surface area contributed by atoms with Gasteiger partial charge in [0.2, 0.25) is 0 Å². The molecule has 2 rings (SSSR count). The van der Waals surface area contributed by atoms with Gasteiger partial charge in [0.25, 0.3) is 0 Å². The SMILES string of the molecule is CCCCN=C/C(=C(\N)CN)c1ccc(N2CCN(CC(C)COCC(C)C)CC2)cc1N. The number of anilines is 2. The van der Waals surface area contributed by atoms with Crippen molar-refractivity contribution in [2.45, 2.75) is 40.5 Å². The van der Waals surface area contributed by atoms with E-state index < -0.39 is 0 Å². The summed E-state index contributed by atoms with van der Waals surface area (Å²) in [4.78, 5) is 9.46. The second-order valence-corrected chi connectivity index (χ2v) is 9.63. The molecule has 0 amide bonds. The zero-order valence-electron chi connectivity index (χ0n) is 21.2. The third-order valence-corrected chi connectivity index (χ3v) is 5.91. The van der Waals surface area contributed by atoms with E-state index in [0.29, 0.717) is 23.2 Å². The van der Waals surface area contributed by atoms with Crippen LogP contribution in [0, 0.1) is 11.8 Å². The third-order valence-electron chi connectivity index (χ3n) is 5.91. The zero-order chi connectivity index (χ0) is 24.2. The summed E-state index contributed by atoms with van der Waals surface area (Å²) >= 11 is 0. The summed E-state index contributed by atoms with van der Waals surface area (Å²) in [6.45, 7) is 16.7. The second kappa shape index (κ2) is 14.2. The van der Waals surface area contributed by atoms with E-state index in [1.807, 2.05) is 6.21 Å². The highest BCUT2D eigenvalue weighted by molar-refractivity contribution is 6.13. The van der Waals surface area contributed by atoms with Gasteiger partial charge in [-0.15, -0.1) is 0 Å². The van der Waals surface area contributed by atoms with Crippen molar-refractivity contribution in [3.05, 3.63) is 29.5 Å². The topological polar surface area (TPSA) is 106 Å². The molecule has 7 heteroatoms. The molecule has 1 fully saturated rings. The molecule has 33 heavy (non-hydrogen) atoms. The van der Waals surface area contributed by atoms with Crippen LogP contribution in [0.1, 0.15) is 46.1 Å². The van der Waals surface area contributed by atoms with Crippen molar-refractivity contribution >= 4 is 23.2 Å². The molecule has 0 bridgehead atoms. The van der Waals surface area contributed by atoms with Crippen molar-refractivity contribution in [3.8, 4) is 0 Å². The van der Waals surface area contributed by atoms with E-state index in [1.54, 1.807) is 0 Å². The molecule has 1 aliphatic rings. The van der Waals surface area contributed by atoms with Gasteiger partial charge < -0.3 is 26.8 Å². The van der Waals surface area contributed by atoms with Crippen molar-refractivity contribution in [1.29, 1.82) is 0 Å². The summed E-state index contributed by atoms with van der Waals surface area (Å²) < 4.78 is 5.81. The summed E-state index contributed by atoms with van der Waals surface area (Å²) in [5, 5.41) is 0. The largest absolute Gasteiger partial charge is 0.400 e. The van der Waals surface area contributed by atoms with Gasteiger partial charge >= 0.3 is 0 Å². The number of hydrogen-bond donors (Lipinski definition) is 3. The first-order valence-corrected chi connectivity index (χ1v) is 12.5. The number of allylic oxidation sites excluding steroid dienone is 1. The maximum absolute atomic E-state index is 6.47. The number of ether oxygens (including phenoxy) is 1. The Morgan fingerprint density at radius 1 is 1.15 bits per heavy atom. The number of unbranched alkanes of at least 4 members (excludes halogenated alkanes) is 1. The van der Waals surface area contributed by atoms with Crippen LogP contribution in [-0.4, -0.2) is 70.1 Å². The molecular weight excluding hydrogens is 412 g/mol. The molecule has 1 aromatic rings. The van der Waals surface area contributed by atoms with Gasteiger partial charge in [0.1, 0.15) is 0 Å². The molecule has 7 nitrogen and oxygen atoms in total. The van der Waals surface area contributed by atoms with Crippen molar-refractivity contribution < 1.29 is 4.74 Å². The predicted molar refractivity (Wildman–Crippen MR) is 143 cm³/mol. The lowest BCUT2D eigenvalue weighted by atomic mass is 10.0.